The van der Waals surface area contributed by atoms with Crippen molar-refractivity contribution in [3.8, 4) is 0 Å². The van der Waals surface area contributed by atoms with Crippen molar-refractivity contribution in [2.75, 3.05) is 5.32 Å². The van der Waals surface area contributed by atoms with Crippen LogP contribution in [0.25, 0.3) is 0 Å². The molecule has 0 saturated heterocycles. The Balaban J connectivity index is 1.87. The molecule has 1 unspecified atom stereocenters. The van der Waals surface area contributed by atoms with Crippen molar-refractivity contribution < 1.29 is 4.79 Å². The predicted octanol–water partition coefficient (Wildman–Crippen LogP) is 2.38. The number of amides is 2. The molecule has 2 rings (SSSR count). The van der Waals surface area contributed by atoms with Crippen LogP contribution >= 0.6 is 0 Å². The maximum atomic E-state index is 11.6. The van der Waals surface area contributed by atoms with E-state index in [1.807, 2.05) is 31.2 Å². The normalized spacial score (nSPS) is 17.1. The number of urea groups is 1. The SMILES string of the molecule is CC(N)c1ccc(NC(=O)NC2CCC2)cc1. The van der Waals surface area contributed by atoms with E-state index < -0.39 is 0 Å². The van der Waals surface area contributed by atoms with Gasteiger partial charge in [0.2, 0.25) is 0 Å². The van der Waals surface area contributed by atoms with Crippen LogP contribution in [-0.2, 0) is 0 Å². The Bertz CT molecular complexity index is 382. The van der Waals surface area contributed by atoms with Gasteiger partial charge < -0.3 is 16.4 Å². The third-order valence-corrected chi connectivity index (χ3v) is 3.13. The summed E-state index contributed by atoms with van der Waals surface area (Å²) in [4.78, 5) is 11.6. The topological polar surface area (TPSA) is 67.1 Å². The van der Waals surface area contributed by atoms with E-state index in [1.165, 1.54) is 6.42 Å². The van der Waals surface area contributed by atoms with Gasteiger partial charge in [0.15, 0.2) is 0 Å². The van der Waals surface area contributed by atoms with Crippen LogP contribution in [0.3, 0.4) is 0 Å². The number of rotatable bonds is 3. The number of hydrogen-bond donors (Lipinski definition) is 3. The van der Waals surface area contributed by atoms with Gasteiger partial charge in [0.05, 0.1) is 0 Å². The van der Waals surface area contributed by atoms with Crippen molar-refractivity contribution in [3.63, 3.8) is 0 Å². The van der Waals surface area contributed by atoms with Gasteiger partial charge in [0.1, 0.15) is 0 Å². The minimum Gasteiger partial charge on any atom is -0.335 e. The van der Waals surface area contributed by atoms with E-state index in [-0.39, 0.29) is 12.1 Å². The fourth-order valence-corrected chi connectivity index (χ4v) is 1.78. The minimum atomic E-state index is -0.122. The molecule has 4 N–H and O–H groups in total. The number of nitrogens with two attached hydrogens (primary N) is 1. The standard InChI is InChI=1S/C13H19N3O/c1-9(14)10-5-7-12(8-6-10)16-13(17)15-11-3-2-4-11/h5-9,11H,2-4,14H2,1H3,(H2,15,16,17). The smallest absolute Gasteiger partial charge is 0.319 e. The first kappa shape index (κ1) is 11.9. The number of carbonyl (C=O) groups is 1. The molecule has 92 valence electrons. The second-order valence-corrected chi connectivity index (χ2v) is 4.64. The summed E-state index contributed by atoms with van der Waals surface area (Å²) < 4.78 is 0. The molecule has 1 atom stereocenters. The van der Waals surface area contributed by atoms with Crippen LogP contribution in [0.1, 0.15) is 37.8 Å². The molecule has 0 aromatic heterocycles. The van der Waals surface area contributed by atoms with E-state index in [9.17, 15) is 4.79 Å². The molecule has 4 nitrogen and oxygen atoms in total. The van der Waals surface area contributed by atoms with Gasteiger partial charge in [-0.15, -0.1) is 0 Å². The van der Waals surface area contributed by atoms with Gasteiger partial charge in [-0.05, 0) is 43.9 Å². The fraction of sp³-hybridized carbons (Fsp3) is 0.462. The van der Waals surface area contributed by atoms with Crippen LogP contribution in [0.15, 0.2) is 24.3 Å². The molecule has 1 aromatic carbocycles. The van der Waals surface area contributed by atoms with E-state index in [0.717, 1.165) is 24.1 Å². The number of benzene rings is 1. The third kappa shape index (κ3) is 3.20. The molecular weight excluding hydrogens is 214 g/mol. The van der Waals surface area contributed by atoms with Crippen molar-refractivity contribution in [2.45, 2.75) is 38.3 Å². The van der Waals surface area contributed by atoms with E-state index in [2.05, 4.69) is 10.6 Å². The molecule has 0 heterocycles. The predicted molar refractivity (Wildman–Crippen MR) is 68.8 cm³/mol. The lowest BCUT2D eigenvalue weighted by molar-refractivity contribution is 0.240. The Labute approximate surface area is 102 Å². The quantitative estimate of drug-likeness (QED) is 0.750. The maximum Gasteiger partial charge on any atom is 0.319 e. The van der Waals surface area contributed by atoms with E-state index >= 15 is 0 Å². The molecule has 17 heavy (non-hydrogen) atoms. The second-order valence-electron chi connectivity index (χ2n) is 4.64. The Morgan fingerprint density at radius 2 is 2.00 bits per heavy atom. The highest BCUT2D eigenvalue weighted by molar-refractivity contribution is 5.89. The summed E-state index contributed by atoms with van der Waals surface area (Å²) in [7, 11) is 0. The van der Waals surface area contributed by atoms with Gasteiger partial charge >= 0.3 is 6.03 Å². The van der Waals surface area contributed by atoms with Gasteiger partial charge in [-0.3, -0.25) is 0 Å². The zero-order chi connectivity index (χ0) is 12.3. The van der Waals surface area contributed by atoms with Gasteiger partial charge in [0.25, 0.3) is 0 Å². The molecule has 1 fully saturated rings. The summed E-state index contributed by atoms with van der Waals surface area (Å²) >= 11 is 0. The van der Waals surface area contributed by atoms with E-state index in [1.54, 1.807) is 0 Å². The highest BCUT2D eigenvalue weighted by Gasteiger charge is 2.19. The molecule has 2 amide bonds. The van der Waals surface area contributed by atoms with Crippen LogP contribution in [0, 0.1) is 0 Å². The first-order valence-electron chi connectivity index (χ1n) is 6.08. The van der Waals surface area contributed by atoms with Crippen molar-refractivity contribution in [1.82, 2.24) is 5.32 Å². The first-order chi connectivity index (χ1) is 8.15. The minimum absolute atomic E-state index is 0.0212. The molecule has 0 bridgehead atoms. The lowest BCUT2D eigenvalue weighted by atomic mass is 9.93. The zero-order valence-corrected chi connectivity index (χ0v) is 10.1. The summed E-state index contributed by atoms with van der Waals surface area (Å²) in [6.07, 6.45) is 3.40. The molecule has 1 aliphatic rings. The Hall–Kier alpha value is -1.55. The zero-order valence-electron chi connectivity index (χ0n) is 10.1. The third-order valence-electron chi connectivity index (χ3n) is 3.13. The number of nitrogens with one attached hydrogen (secondary N) is 2. The van der Waals surface area contributed by atoms with Crippen LogP contribution in [0.2, 0.25) is 0 Å². The van der Waals surface area contributed by atoms with Crippen molar-refractivity contribution >= 4 is 11.7 Å². The highest BCUT2D eigenvalue weighted by atomic mass is 16.2. The van der Waals surface area contributed by atoms with Gasteiger partial charge in [-0.2, -0.15) is 0 Å². The van der Waals surface area contributed by atoms with Gasteiger partial charge in [-0.1, -0.05) is 12.1 Å². The summed E-state index contributed by atoms with van der Waals surface area (Å²) in [5.74, 6) is 0. The number of carbonyl (C=O) groups excluding carboxylic acids is 1. The molecule has 1 aliphatic carbocycles. The average Bonchev–Trinajstić information content (AvgIpc) is 2.24. The second kappa shape index (κ2) is 5.19. The molecule has 1 saturated carbocycles. The molecule has 1 aromatic rings. The molecular formula is C13H19N3O. The maximum absolute atomic E-state index is 11.6. The largest absolute Gasteiger partial charge is 0.335 e. The molecule has 0 aliphatic heterocycles. The summed E-state index contributed by atoms with van der Waals surface area (Å²) in [5.41, 5.74) is 7.62. The summed E-state index contributed by atoms with van der Waals surface area (Å²) in [5, 5.41) is 5.74. The van der Waals surface area contributed by atoms with Crippen LogP contribution in [0.4, 0.5) is 10.5 Å². The van der Waals surface area contributed by atoms with Crippen LogP contribution in [0.5, 0.6) is 0 Å². The Kier molecular flexibility index (Phi) is 3.64. The van der Waals surface area contributed by atoms with Crippen LogP contribution < -0.4 is 16.4 Å². The Morgan fingerprint density at radius 1 is 1.35 bits per heavy atom. The van der Waals surface area contributed by atoms with Crippen molar-refractivity contribution in [3.05, 3.63) is 29.8 Å². The number of hydrogen-bond acceptors (Lipinski definition) is 2. The molecule has 0 spiro atoms. The lowest BCUT2D eigenvalue weighted by Crippen LogP contribution is -2.41. The summed E-state index contributed by atoms with van der Waals surface area (Å²) in [6.45, 7) is 1.94. The fourth-order valence-electron chi connectivity index (χ4n) is 1.78. The first-order valence-corrected chi connectivity index (χ1v) is 6.08. The van der Waals surface area contributed by atoms with Gasteiger partial charge in [0, 0.05) is 17.8 Å². The monoisotopic (exact) mass is 233 g/mol. The van der Waals surface area contributed by atoms with E-state index in [0.29, 0.717) is 6.04 Å². The lowest BCUT2D eigenvalue weighted by Gasteiger charge is -2.26. The van der Waals surface area contributed by atoms with Crippen LogP contribution in [-0.4, -0.2) is 12.1 Å². The van der Waals surface area contributed by atoms with Gasteiger partial charge in [-0.25, -0.2) is 4.79 Å². The molecule has 4 heteroatoms. The van der Waals surface area contributed by atoms with Crippen molar-refractivity contribution in [1.29, 1.82) is 0 Å². The highest BCUT2D eigenvalue weighted by Crippen LogP contribution is 2.18. The molecule has 0 radical (unpaired) electrons. The average molecular weight is 233 g/mol. The summed E-state index contributed by atoms with van der Waals surface area (Å²) in [6, 6.07) is 7.88. The Morgan fingerprint density at radius 3 is 2.47 bits per heavy atom. The number of anilines is 1. The van der Waals surface area contributed by atoms with Crippen molar-refractivity contribution in [2.24, 2.45) is 5.73 Å². The van der Waals surface area contributed by atoms with E-state index in [4.69, 9.17) is 5.73 Å².